The van der Waals surface area contributed by atoms with E-state index < -0.39 is 10.9 Å². The Morgan fingerprint density at radius 2 is 1.93 bits per heavy atom. The molecule has 1 aromatic carbocycles. The second-order valence-electron chi connectivity index (χ2n) is 8.32. The van der Waals surface area contributed by atoms with Crippen molar-refractivity contribution in [2.75, 3.05) is 13.2 Å². The summed E-state index contributed by atoms with van der Waals surface area (Å²) >= 11 is 0. The van der Waals surface area contributed by atoms with Crippen LogP contribution in [-0.4, -0.2) is 31.1 Å². The highest BCUT2D eigenvalue weighted by Crippen LogP contribution is 2.35. The molecule has 29 heavy (non-hydrogen) atoms. The zero-order valence-electron chi connectivity index (χ0n) is 17.1. The number of rotatable bonds is 7. The fourth-order valence-electron chi connectivity index (χ4n) is 3.14. The van der Waals surface area contributed by atoms with E-state index in [0.29, 0.717) is 25.1 Å². The number of nitrogens with zero attached hydrogens (tertiary/aromatic N) is 1. The van der Waals surface area contributed by atoms with Gasteiger partial charge in [-0.15, -0.1) is 0 Å². The lowest BCUT2D eigenvalue weighted by molar-refractivity contribution is 0.198. The molecule has 0 spiro atoms. The number of benzene rings is 1. The van der Waals surface area contributed by atoms with Crippen LogP contribution in [0, 0.1) is 5.41 Å². The highest BCUT2D eigenvalue weighted by atomic mass is 32.2. The van der Waals surface area contributed by atoms with Gasteiger partial charge >= 0.3 is 0 Å². The van der Waals surface area contributed by atoms with Crippen LogP contribution in [0.5, 0.6) is 5.75 Å². The molecule has 8 heteroatoms. The number of aromatic nitrogens is 2. The Kier molecular flexibility index (Phi) is 6.14. The first kappa shape index (κ1) is 21.1. The minimum atomic E-state index is -2.62. The number of nitrogens with one attached hydrogen (secondary N) is 2. The molecule has 0 saturated heterocycles. The van der Waals surface area contributed by atoms with E-state index in [0.717, 1.165) is 27.8 Å². The summed E-state index contributed by atoms with van der Waals surface area (Å²) in [5.41, 5.74) is 3.18. The van der Waals surface area contributed by atoms with Gasteiger partial charge in [-0.2, -0.15) is 0 Å². The fraction of sp³-hybridized carbons (Fsp3) is 0.381. The van der Waals surface area contributed by atoms with Crippen LogP contribution < -0.4 is 15.0 Å². The first-order valence-corrected chi connectivity index (χ1v) is 10.6. The lowest BCUT2D eigenvalue weighted by Crippen LogP contribution is -2.18. The van der Waals surface area contributed by atoms with Crippen LogP contribution >= 0.6 is 0 Å². The molecule has 156 valence electrons. The van der Waals surface area contributed by atoms with E-state index in [1.807, 2.05) is 30.5 Å². The summed E-state index contributed by atoms with van der Waals surface area (Å²) in [5.74, 6) is 0.729. The van der Waals surface area contributed by atoms with E-state index in [1.165, 1.54) is 0 Å². The summed E-state index contributed by atoms with van der Waals surface area (Å²) in [5, 5.41) is 0.826. The Labute approximate surface area is 171 Å². The summed E-state index contributed by atoms with van der Waals surface area (Å²) in [6.07, 6.45) is 4.12. The molecule has 2 N–H and O–H groups in total. The van der Waals surface area contributed by atoms with Crippen molar-refractivity contribution in [2.24, 2.45) is 12.5 Å². The monoisotopic (exact) mass is 417 g/mol. The number of aryl methyl sites for hydroxylation is 1. The van der Waals surface area contributed by atoms with Crippen molar-refractivity contribution in [3.8, 4) is 16.9 Å². The Bertz CT molecular complexity index is 1140. The maximum absolute atomic E-state index is 12.4. The number of H-pyrrole nitrogens is 1. The predicted molar refractivity (Wildman–Crippen MR) is 116 cm³/mol. The maximum Gasteiger partial charge on any atom is 0.274 e. The molecule has 0 aliphatic carbocycles. The summed E-state index contributed by atoms with van der Waals surface area (Å²) in [7, 11) is -0.893. The van der Waals surface area contributed by atoms with E-state index in [9.17, 15) is 13.2 Å². The van der Waals surface area contributed by atoms with Crippen LogP contribution in [0.3, 0.4) is 0 Å². The van der Waals surface area contributed by atoms with Crippen LogP contribution in [0.4, 0.5) is 0 Å². The number of thiol groups is 1. The molecule has 0 amide bonds. The van der Waals surface area contributed by atoms with Crippen molar-refractivity contribution >= 4 is 21.8 Å². The van der Waals surface area contributed by atoms with E-state index in [-0.39, 0.29) is 11.0 Å². The number of aromatic amines is 1. The van der Waals surface area contributed by atoms with E-state index in [2.05, 4.69) is 30.5 Å². The van der Waals surface area contributed by atoms with Gasteiger partial charge in [-0.05, 0) is 35.6 Å². The number of hydrogen-bond donors (Lipinski definition) is 3. The van der Waals surface area contributed by atoms with Gasteiger partial charge in [0.05, 0.1) is 6.61 Å². The lowest BCUT2D eigenvalue weighted by atomic mass is 9.97. The van der Waals surface area contributed by atoms with Crippen LogP contribution in [-0.2, 0) is 24.4 Å². The quantitative estimate of drug-likeness (QED) is 0.515. The molecule has 3 rings (SSSR count). The van der Waals surface area contributed by atoms with Crippen molar-refractivity contribution in [3.05, 3.63) is 52.6 Å². The minimum absolute atomic E-state index is 0.00770. The normalized spacial score (nSPS) is 12.0. The molecule has 2 heterocycles. The van der Waals surface area contributed by atoms with Gasteiger partial charge in [-0.1, -0.05) is 26.8 Å². The summed E-state index contributed by atoms with van der Waals surface area (Å²) < 4.78 is 31.7. The third-order valence-corrected chi connectivity index (χ3v) is 5.03. The van der Waals surface area contributed by atoms with Gasteiger partial charge in [0.1, 0.15) is 11.3 Å². The van der Waals surface area contributed by atoms with Crippen LogP contribution in [0.2, 0.25) is 0 Å². The third-order valence-electron chi connectivity index (χ3n) is 4.54. The molecule has 0 atom stereocenters. The molecule has 2 aromatic heterocycles. The van der Waals surface area contributed by atoms with Crippen molar-refractivity contribution in [1.29, 1.82) is 0 Å². The second-order valence-corrected chi connectivity index (χ2v) is 9.15. The highest BCUT2D eigenvalue weighted by Gasteiger charge is 2.17. The van der Waals surface area contributed by atoms with Gasteiger partial charge < -0.3 is 14.3 Å². The molecular formula is C21H27N3O4S. The van der Waals surface area contributed by atoms with Gasteiger partial charge in [-0.3, -0.25) is 4.79 Å². The molecular weight excluding hydrogens is 390 g/mol. The fourth-order valence-corrected chi connectivity index (χ4v) is 3.43. The number of ether oxygens (including phenoxy) is 1. The molecule has 0 aliphatic rings. The second kappa shape index (κ2) is 8.42. The van der Waals surface area contributed by atoms with E-state index in [1.54, 1.807) is 17.8 Å². The minimum Gasteiger partial charge on any atom is -0.492 e. The first-order chi connectivity index (χ1) is 13.7. The first-order valence-electron chi connectivity index (χ1n) is 9.46. The zero-order chi connectivity index (χ0) is 21.2. The number of fused-ring (bicyclic) bond motifs is 1. The molecule has 0 bridgehead atoms. The molecule has 0 saturated carbocycles. The topological polar surface area (TPSA) is 93.2 Å². The van der Waals surface area contributed by atoms with Crippen LogP contribution in [0.1, 0.15) is 26.3 Å². The summed E-state index contributed by atoms with van der Waals surface area (Å²) in [6.45, 7) is 7.18. The average molecular weight is 418 g/mol. The zero-order valence-corrected chi connectivity index (χ0v) is 18.0. The van der Waals surface area contributed by atoms with Crippen molar-refractivity contribution < 1.29 is 13.2 Å². The van der Waals surface area contributed by atoms with Gasteiger partial charge in [0.2, 0.25) is 10.9 Å². The van der Waals surface area contributed by atoms with Gasteiger partial charge in [0.25, 0.3) is 5.56 Å². The maximum atomic E-state index is 12.4. The predicted octanol–water partition coefficient (Wildman–Crippen LogP) is 2.62. The van der Waals surface area contributed by atoms with Crippen molar-refractivity contribution in [3.63, 3.8) is 0 Å². The molecule has 0 radical (unpaired) electrons. The highest BCUT2D eigenvalue weighted by molar-refractivity contribution is 7.70. The van der Waals surface area contributed by atoms with Crippen LogP contribution in [0.15, 0.2) is 41.5 Å². The molecule has 7 nitrogen and oxygen atoms in total. The van der Waals surface area contributed by atoms with Gasteiger partial charge in [0.15, 0.2) is 0 Å². The van der Waals surface area contributed by atoms with E-state index >= 15 is 0 Å². The van der Waals surface area contributed by atoms with Gasteiger partial charge in [0, 0.05) is 42.5 Å². The van der Waals surface area contributed by atoms with Gasteiger partial charge in [-0.25, -0.2) is 13.1 Å². The van der Waals surface area contributed by atoms with Crippen LogP contribution in [0.25, 0.3) is 22.0 Å². The Morgan fingerprint density at radius 1 is 1.17 bits per heavy atom. The molecule has 0 unspecified atom stereocenters. The Hall–Kier alpha value is -2.58. The lowest BCUT2D eigenvalue weighted by Gasteiger charge is -2.21. The van der Waals surface area contributed by atoms with Crippen molar-refractivity contribution in [2.45, 2.75) is 27.2 Å². The standard InChI is InChI=1S/C21H27N3O4S/c1-21(2,3)13-28-18-6-5-14(7-10-23-29(26)27)11-16(18)17-12-24(4)20(25)19-15(17)8-9-22-19/h5-6,8-9,11-12,22,29H,7,10,13H2,1-4H3,(H,23,26,27). The smallest absolute Gasteiger partial charge is 0.274 e. The van der Waals surface area contributed by atoms with Crippen molar-refractivity contribution in [1.82, 2.24) is 14.3 Å². The average Bonchev–Trinajstić information content (AvgIpc) is 3.12. The Balaban J connectivity index is 2.09. The largest absolute Gasteiger partial charge is 0.492 e. The number of pyridine rings is 1. The molecule has 3 aromatic rings. The summed E-state index contributed by atoms with van der Waals surface area (Å²) in [4.78, 5) is 15.4. The SMILES string of the molecule is Cn1cc(-c2cc(CCN[SH](=O)=O)ccc2OCC(C)(C)C)c2cc[nH]c2c1=O. The third kappa shape index (κ3) is 5.07. The summed E-state index contributed by atoms with van der Waals surface area (Å²) in [6, 6.07) is 7.74. The molecule has 0 fully saturated rings. The molecule has 0 aliphatic heterocycles. The number of hydrogen-bond acceptors (Lipinski definition) is 4. The van der Waals surface area contributed by atoms with E-state index in [4.69, 9.17) is 4.74 Å². The Morgan fingerprint density at radius 3 is 2.62 bits per heavy atom.